The molecule has 6 nitrogen and oxygen atoms in total. The molecule has 3 rings (SSSR count). The van der Waals surface area contributed by atoms with E-state index in [0.29, 0.717) is 12.4 Å². The Bertz CT molecular complexity index is 1020. The molecule has 0 saturated carbocycles. The van der Waals surface area contributed by atoms with Gasteiger partial charge in [0.15, 0.2) is 6.61 Å². The smallest absolute Gasteiger partial charge is 0.338 e. The van der Waals surface area contributed by atoms with Crippen LogP contribution in [0.4, 0.5) is 4.39 Å². The number of aromatic nitrogens is 1. The van der Waals surface area contributed by atoms with Gasteiger partial charge in [-0.2, -0.15) is 0 Å². The van der Waals surface area contributed by atoms with Crippen LogP contribution >= 0.6 is 11.3 Å². The lowest BCUT2D eigenvalue weighted by molar-refractivity contribution is -0.133. The maximum atomic E-state index is 13.0. The number of thiazole rings is 1. The van der Waals surface area contributed by atoms with Gasteiger partial charge in [0.25, 0.3) is 5.91 Å². The molecule has 0 atom stereocenters. The van der Waals surface area contributed by atoms with E-state index < -0.39 is 5.97 Å². The Morgan fingerprint density at radius 1 is 1.17 bits per heavy atom. The van der Waals surface area contributed by atoms with Gasteiger partial charge in [0.1, 0.15) is 18.2 Å². The van der Waals surface area contributed by atoms with Gasteiger partial charge in [-0.25, -0.2) is 14.2 Å². The number of hydrogen-bond acceptors (Lipinski definition) is 6. The molecule has 0 N–H and O–H groups in total. The number of carbonyl (C=O) groups is 2. The van der Waals surface area contributed by atoms with Gasteiger partial charge in [0.05, 0.1) is 16.3 Å². The fraction of sp³-hybridized carbons (Fsp3) is 0.227. The van der Waals surface area contributed by atoms with Gasteiger partial charge in [0, 0.05) is 19.0 Å². The van der Waals surface area contributed by atoms with Crippen LogP contribution in [-0.2, 0) is 22.7 Å². The van der Waals surface area contributed by atoms with Gasteiger partial charge in [-0.15, -0.1) is 11.3 Å². The van der Waals surface area contributed by atoms with Crippen LogP contribution in [0.2, 0.25) is 0 Å². The minimum Gasteiger partial charge on any atom is -0.487 e. The normalized spacial score (nSPS) is 10.5. The summed E-state index contributed by atoms with van der Waals surface area (Å²) >= 11 is 1.54. The van der Waals surface area contributed by atoms with E-state index in [2.05, 4.69) is 4.98 Å². The number of rotatable bonds is 8. The third-order valence-electron chi connectivity index (χ3n) is 4.21. The molecule has 0 aliphatic rings. The van der Waals surface area contributed by atoms with Crippen molar-refractivity contribution in [3.05, 3.63) is 81.6 Å². The highest BCUT2D eigenvalue weighted by atomic mass is 32.1. The van der Waals surface area contributed by atoms with E-state index in [4.69, 9.17) is 9.47 Å². The molecular formula is C22H21FN2O4S. The maximum absolute atomic E-state index is 13.0. The van der Waals surface area contributed by atoms with E-state index in [9.17, 15) is 14.0 Å². The molecule has 1 aromatic heterocycles. The van der Waals surface area contributed by atoms with Crippen LogP contribution in [-0.4, -0.2) is 35.4 Å². The zero-order valence-corrected chi connectivity index (χ0v) is 17.4. The minimum atomic E-state index is -0.617. The molecule has 3 aromatic rings. The fourth-order valence-corrected chi connectivity index (χ4v) is 3.21. The molecule has 0 unspecified atom stereocenters. The number of likely N-dealkylation sites (N-methyl/N-ethyl adjacent to an activating group) is 1. The van der Waals surface area contributed by atoms with Crippen molar-refractivity contribution in [1.29, 1.82) is 0 Å². The van der Waals surface area contributed by atoms with E-state index in [1.54, 1.807) is 54.8 Å². The minimum absolute atomic E-state index is 0.288. The predicted octanol–water partition coefficient (Wildman–Crippen LogP) is 3.99. The van der Waals surface area contributed by atoms with Crippen LogP contribution < -0.4 is 4.74 Å². The Morgan fingerprint density at radius 3 is 2.63 bits per heavy atom. The van der Waals surface area contributed by atoms with Gasteiger partial charge in [-0.05, 0) is 42.8 Å². The topological polar surface area (TPSA) is 68.7 Å². The average molecular weight is 428 g/mol. The molecule has 0 radical (unpaired) electrons. The second-order valence-corrected chi connectivity index (χ2v) is 7.69. The summed E-state index contributed by atoms with van der Waals surface area (Å²) in [5.41, 5.74) is 1.88. The molecule has 8 heteroatoms. The molecular weight excluding hydrogens is 407 g/mol. The first-order valence-electron chi connectivity index (χ1n) is 9.20. The third kappa shape index (κ3) is 6.12. The van der Waals surface area contributed by atoms with Gasteiger partial charge in [0.2, 0.25) is 0 Å². The molecule has 0 saturated heterocycles. The zero-order valence-electron chi connectivity index (χ0n) is 16.6. The predicted molar refractivity (Wildman–Crippen MR) is 111 cm³/mol. The Kier molecular flexibility index (Phi) is 7.13. The molecule has 0 aliphatic heterocycles. The summed E-state index contributed by atoms with van der Waals surface area (Å²) in [6.07, 6.45) is 0. The first-order chi connectivity index (χ1) is 14.4. The van der Waals surface area contributed by atoms with Crippen LogP contribution in [0.5, 0.6) is 5.75 Å². The van der Waals surface area contributed by atoms with Crippen LogP contribution in [0.3, 0.4) is 0 Å². The van der Waals surface area contributed by atoms with E-state index in [-0.39, 0.29) is 30.4 Å². The molecule has 1 heterocycles. The number of ether oxygens (including phenoxy) is 2. The monoisotopic (exact) mass is 428 g/mol. The average Bonchev–Trinajstić information content (AvgIpc) is 3.17. The largest absolute Gasteiger partial charge is 0.487 e. The lowest BCUT2D eigenvalue weighted by Gasteiger charge is -2.17. The van der Waals surface area contributed by atoms with Gasteiger partial charge in [-0.1, -0.05) is 18.2 Å². The highest BCUT2D eigenvalue weighted by Gasteiger charge is 2.14. The van der Waals surface area contributed by atoms with E-state index in [0.717, 1.165) is 16.3 Å². The van der Waals surface area contributed by atoms with Crippen molar-refractivity contribution >= 4 is 23.2 Å². The molecule has 1 amide bonds. The highest BCUT2D eigenvalue weighted by Crippen LogP contribution is 2.17. The summed E-state index contributed by atoms with van der Waals surface area (Å²) < 4.78 is 23.8. The Balaban J connectivity index is 1.50. The van der Waals surface area contributed by atoms with Crippen molar-refractivity contribution in [2.75, 3.05) is 13.7 Å². The lowest BCUT2D eigenvalue weighted by Crippen LogP contribution is -2.30. The summed E-state index contributed by atoms with van der Waals surface area (Å²) in [5, 5.41) is 2.88. The van der Waals surface area contributed by atoms with Gasteiger partial charge in [-0.3, -0.25) is 4.79 Å². The summed E-state index contributed by atoms with van der Waals surface area (Å²) in [5.74, 6) is -0.808. The molecule has 156 valence electrons. The number of benzene rings is 2. The first kappa shape index (κ1) is 21.4. The van der Waals surface area contributed by atoms with Crippen molar-refractivity contribution in [2.24, 2.45) is 0 Å². The van der Waals surface area contributed by atoms with Crippen LogP contribution in [0, 0.1) is 12.7 Å². The Morgan fingerprint density at radius 2 is 1.93 bits per heavy atom. The number of esters is 1. The van der Waals surface area contributed by atoms with Crippen molar-refractivity contribution < 1.29 is 23.5 Å². The van der Waals surface area contributed by atoms with E-state index >= 15 is 0 Å². The number of nitrogens with zero attached hydrogens (tertiary/aromatic N) is 2. The zero-order chi connectivity index (χ0) is 21.5. The maximum Gasteiger partial charge on any atom is 0.338 e. The van der Waals surface area contributed by atoms with E-state index in [1.807, 2.05) is 12.3 Å². The molecule has 0 spiro atoms. The van der Waals surface area contributed by atoms with Crippen molar-refractivity contribution in [2.45, 2.75) is 20.1 Å². The SMILES string of the molecule is Cc1nc(COc2cccc(C(=O)OCC(=O)N(C)Cc3ccc(F)cc3)c2)cs1. The second-order valence-electron chi connectivity index (χ2n) is 6.63. The Labute approximate surface area is 177 Å². The summed E-state index contributed by atoms with van der Waals surface area (Å²) in [7, 11) is 1.59. The molecule has 0 bridgehead atoms. The lowest BCUT2D eigenvalue weighted by atomic mass is 10.2. The van der Waals surface area contributed by atoms with Crippen molar-refractivity contribution in [3.8, 4) is 5.75 Å². The molecule has 0 aliphatic carbocycles. The number of halogens is 1. The second kappa shape index (κ2) is 9.98. The number of aryl methyl sites for hydroxylation is 1. The standard InChI is InChI=1S/C22H21FN2O4S/c1-15-24-19(14-30-15)12-28-20-5-3-4-17(10-20)22(27)29-13-21(26)25(2)11-16-6-8-18(23)9-7-16/h3-10,14H,11-13H2,1-2H3. The van der Waals surface area contributed by atoms with Gasteiger partial charge < -0.3 is 14.4 Å². The van der Waals surface area contributed by atoms with Crippen molar-refractivity contribution in [3.63, 3.8) is 0 Å². The number of hydrogen-bond donors (Lipinski definition) is 0. The number of amides is 1. The van der Waals surface area contributed by atoms with Gasteiger partial charge >= 0.3 is 5.97 Å². The summed E-state index contributed by atoms with van der Waals surface area (Å²) in [6.45, 7) is 2.12. The van der Waals surface area contributed by atoms with Crippen molar-refractivity contribution in [1.82, 2.24) is 9.88 Å². The number of carbonyl (C=O) groups excluding carboxylic acids is 2. The summed E-state index contributed by atoms with van der Waals surface area (Å²) in [6, 6.07) is 12.4. The third-order valence-corrected chi connectivity index (χ3v) is 5.03. The molecule has 30 heavy (non-hydrogen) atoms. The molecule has 0 fully saturated rings. The van der Waals surface area contributed by atoms with E-state index in [1.165, 1.54) is 17.0 Å². The summed E-state index contributed by atoms with van der Waals surface area (Å²) in [4.78, 5) is 30.3. The van der Waals surface area contributed by atoms with Crippen LogP contribution in [0.1, 0.15) is 26.6 Å². The fourth-order valence-electron chi connectivity index (χ4n) is 2.62. The first-order valence-corrected chi connectivity index (χ1v) is 10.1. The van der Waals surface area contributed by atoms with Crippen LogP contribution in [0.15, 0.2) is 53.9 Å². The quantitative estimate of drug-likeness (QED) is 0.508. The highest BCUT2D eigenvalue weighted by molar-refractivity contribution is 7.09. The van der Waals surface area contributed by atoms with Crippen LogP contribution in [0.25, 0.3) is 0 Å². The Hall–Kier alpha value is -3.26. The molecule has 2 aromatic carbocycles.